The number of carbonyl (C=O) groups excluding carboxylic acids is 1. The van der Waals surface area contributed by atoms with E-state index in [0.29, 0.717) is 12.2 Å². The predicted molar refractivity (Wildman–Crippen MR) is 97.8 cm³/mol. The first-order valence-electron chi connectivity index (χ1n) is 7.61. The fourth-order valence-electron chi connectivity index (χ4n) is 2.92. The number of likely N-dealkylation sites (N-methyl/N-ethyl adjacent to an activating group) is 1. The normalized spacial score (nSPS) is 10.7. The van der Waals surface area contributed by atoms with E-state index >= 15 is 0 Å². The molecule has 0 spiro atoms. The number of nitrogen functional groups attached to an aromatic ring is 1. The summed E-state index contributed by atoms with van der Waals surface area (Å²) >= 11 is 0. The molecule has 0 aliphatic rings. The number of halogens is 1. The molecule has 2 N–H and O–H groups in total. The zero-order chi connectivity index (χ0) is 15.7. The van der Waals surface area contributed by atoms with Crippen LogP contribution in [-0.2, 0) is 11.3 Å². The van der Waals surface area contributed by atoms with Crippen LogP contribution in [0, 0.1) is 0 Å². The van der Waals surface area contributed by atoms with Gasteiger partial charge in [0, 0.05) is 19.2 Å². The van der Waals surface area contributed by atoms with Crippen molar-refractivity contribution >= 4 is 45.3 Å². The number of para-hydroxylation sites is 2. The van der Waals surface area contributed by atoms with Gasteiger partial charge in [0.05, 0.1) is 5.69 Å². The van der Waals surface area contributed by atoms with Gasteiger partial charge < -0.3 is 10.6 Å². The molecule has 1 aromatic carbocycles. The van der Waals surface area contributed by atoms with Crippen LogP contribution in [0.1, 0.15) is 13.8 Å². The minimum atomic E-state index is 0. The Morgan fingerprint density at radius 2 is 1.87 bits per heavy atom. The van der Waals surface area contributed by atoms with E-state index in [4.69, 9.17) is 5.73 Å². The number of aromatic nitrogens is 2. The number of nitrogens with zero attached hydrogens (tertiary/aromatic N) is 3. The molecule has 0 saturated carbocycles. The molecular formula is C17H22BrN4O+. The number of imidazole rings is 1. The lowest BCUT2D eigenvalue weighted by atomic mass is 10.3. The van der Waals surface area contributed by atoms with Crippen molar-refractivity contribution in [2.45, 2.75) is 20.4 Å². The van der Waals surface area contributed by atoms with Gasteiger partial charge in [0.15, 0.2) is 17.6 Å². The monoisotopic (exact) mass is 377 g/mol. The van der Waals surface area contributed by atoms with Gasteiger partial charge in [0.2, 0.25) is 0 Å². The van der Waals surface area contributed by atoms with Gasteiger partial charge in [-0.2, -0.15) is 4.40 Å². The van der Waals surface area contributed by atoms with Gasteiger partial charge in [-0.3, -0.25) is 4.79 Å². The highest BCUT2D eigenvalue weighted by Gasteiger charge is 2.22. The Kier molecular flexibility index (Phi) is 5.26. The summed E-state index contributed by atoms with van der Waals surface area (Å²) in [5, 5.41) is 0. The third kappa shape index (κ3) is 3.03. The number of amides is 1. The van der Waals surface area contributed by atoms with Crippen LogP contribution in [0.3, 0.4) is 0 Å². The second-order valence-electron chi connectivity index (χ2n) is 5.33. The van der Waals surface area contributed by atoms with E-state index in [1.807, 2.05) is 65.7 Å². The fraction of sp³-hybridized carbons (Fsp3) is 0.294. The van der Waals surface area contributed by atoms with Crippen LogP contribution in [0.2, 0.25) is 0 Å². The zero-order valence-corrected chi connectivity index (χ0v) is 15.1. The number of carbonyl (C=O) groups is 1. The maximum absolute atomic E-state index is 12.5. The first kappa shape index (κ1) is 17.3. The van der Waals surface area contributed by atoms with Gasteiger partial charge in [0.25, 0.3) is 11.6 Å². The Balaban J connectivity index is 0.00000192. The smallest absolute Gasteiger partial charge is 0.287 e. The number of fused-ring (bicyclic) bond motifs is 3. The van der Waals surface area contributed by atoms with Gasteiger partial charge in [0.1, 0.15) is 6.20 Å². The second kappa shape index (κ2) is 7.00. The summed E-state index contributed by atoms with van der Waals surface area (Å²) in [4.78, 5) is 14.3. The summed E-state index contributed by atoms with van der Waals surface area (Å²) in [6, 6.07) is 11.9. The van der Waals surface area contributed by atoms with Crippen molar-refractivity contribution in [2.24, 2.45) is 0 Å². The Labute approximate surface area is 146 Å². The number of pyridine rings is 1. The molecule has 3 aromatic rings. The molecule has 0 radical (unpaired) electrons. The van der Waals surface area contributed by atoms with E-state index in [1.165, 1.54) is 0 Å². The highest BCUT2D eigenvalue weighted by atomic mass is 79.9. The van der Waals surface area contributed by atoms with Gasteiger partial charge >= 0.3 is 0 Å². The zero-order valence-electron chi connectivity index (χ0n) is 13.4. The second-order valence-corrected chi connectivity index (χ2v) is 5.33. The molecule has 0 bridgehead atoms. The molecule has 0 saturated heterocycles. The van der Waals surface area contributed by atoms with Crippen LogP contribution < -0.4 is 10.3 Å². The molecule has 0 fully saturated rings. The summed E-state index contributed by atoms with van der Waals surface area (Å²) in [5.74, 6) is 0.130. The largest absolute Gasteiger partial charge is 0.396 e. The molecule has 2 heterocycles. The number of hydrogen-bond donors (Lipinski definition) is 1. The number of hydrogen-bond acceptors (Lipinski definition) is 2. The lowest BCUT2D eigenvalue weighted by molar-refractivity contribution is -0.633. The average molecular weight is 378 g/mol. The molecule has 23 heavy (non-hydrogen) atoms. The fourth-order valence-corrected chi connectivity index (χ4v) is 2.92. The van der Waals surface area contributed by atoms with Gasteiger partial charge in [-0.15, -0.1) is 17.0 Å². The lowest BCUT2D eigenvalue weighted by Gasteiger charge is -2.17. The maximum Gasteiger partial charge on any atom is 0.287 e. The summed E-state index contributed by atoms with van der Waals surface area (Å²) in [5.41, 5.74) is 9.67. The molecule has 6 heteroatoms. The van der Waals surface area contributed by atoms with E-state index in [0.717, 1.165) is 29.8 Å². The molecular weight excluding hydrogens is 356 g/mol. The van der Waals surface area contributed by atoms with Gasteiger partial charge in [-0.25, -0.2) is 4.57 Å². The van der Waals surface area contributed by atoms with Crippen LogP contribution in [0.5, 0.6) is 0 Å². The van der Waals surface area contributed by atoms with Crippen molar-refractivity contribution in [1.29, 1.82) is 0 Å². The summed E-state index contributed by atoms with van der Waals surface area (Å²) in [6.45, 7) is 5.80. The summed E-state index contributed by atoms with van der Waals surface area (Å²) < 4.78 is 4.09. The van der Waals surface area contributed by atoms with Crippen LogP contribution in [0.4, 0.5) is 5.69 Å². The van der Waals surface area contributed by atoms with Gasteiger partial charge in [-0.05, 0) is 32.0 Å². The quantitative estimate of drug-likeness (QED) is 0.709. The Bertz CT molecular complexity index is 839. The molecule has 5 nitrogen and oxygen atoms in total. The van der Waals surface area contributed by atoms with Crippen molar-refractivity contribution in [1.82, 2.24) is 9.30 Å². The van der Waals surface area contributed by atoms with E-state index in [9.17, 15) is 4.79 Å². The molecule has 1 amide bonds. The first-order valence-corrected chi connectivity index (χ1v) is 7.61. The number of benzene rings is 1. The number of nitrogens with two attached hydrogens (primary N) is 1. The van der Waals surface area contributed by atoms with Crippen molar-refractivity contribution in [3.05, 3.63) is 42.6 Å². The maximum atomic E-state index is 12.5. The van der Waals surface area contributed by atoms with E-state index in [2.05, 4.69) is 4.57 Å². The Morgan fingerprint density at radius 3 is 2.57 bits per heavy atom. The predicted octanol–water partition coefficient (Wildman–Crippen LogP) is 2.41. The van der Waals surface area contributed by atoms with Crippen LogP contribution in [0.15, 0.2) is 42.6 Å². The molecule has 0 atom stereocenters. The van der Waals surface area contributed by atoms with Crippen molar-refractivity contribution in [3.8, 4) is 0 Å². The van der Waals surface area contributed by atoms with E-state index < -0.39 is 0 Å². The SMILES string of the molecule is Br.CCN(CC)C(=O)C[n+]1c2ccccc2n2cc(N)ccc21. The van der Waals surface area contributed by atoms with Crippen molar-refractivity contribution in [2.75, 3.05) is 18.8 Å². The molecule has 0 aliphatic heterocycles. The van der Waals surface area contributed by atoms with Crippen LogP contribution >= 0.6 is 17.0 Å². The molecule has 3 rings (SSSR count). The lowest BCUT2D eigenvalue weighted by Crippen LogP contribution is -2.44. The summed E-state index contributed by atoms with van der Waals surface area (Å²) in [7, 11) is 0. The highest BCUT2D eigenvalue weighted by molar-refractivity contribution is 8.93. The minimum Gasteiger partial charge on any atom is -0.396 e. The first-order chi connectivity index (χ1) is 10.7. The van der Waals surface area contributed by atoms with Crippen LogP contribution in [-0.4, -0.2) is 28.3 Å². The molecule has 122 valence electrons. The average Bonchev–Trinajstić information content (AvgIpc) is 2.82. The molecule has 2 aromatic heterocycles. The van der Waals surface area contributed by atoms with E-state index in [-0.39, 0.29) is 22.9 Å². The topological polar surface area (TPSA) is 54.6 Å². The molecule has 0 unspecified atom stereocenters. The van der Waals surface area contributed by atoms with Crippen molar-refractivity contribution < 1.29 is 9.36 Å². The number of rotatable bonds is 4. The third-order valence-corrected chi connectivity index (χ3v) is 4.07. The Morgan fingerprint density at radius 1 is 1.17 bits per heavy atom. The van der Waals surface area contributed by atoms with Crippen molar-refractivity contribution in [3.63, 3.8) is 0 Å². The van der Waals surface area contributed by atoms with Crippen LogP contribution in [0.25, 0.3) is 16.7 Å². The molecule has 0 aliphatic carbocycles. The summed E-state index contributed by atoms with van der Waals surface area (Å²) in [6.07, 6.45) is 1.90. The van der Waals surface area contributed by atoms with Gasteiger partial charge in [-0.1, -0.05) is 12.1 Å². The third-order valence-electron chi connectivity index (χ3n) is 4.07. The van der Waals surface area contributed by atoms with E-state index in [1.54, 1.807) is 0 Å². The standard InChI is InChI=1S/C17H21N4O.BrH/c1-3-19(4-2)17(22)12-21-15-8-6-5-7-14(15)20-11-13(18)9-10-16(20)21;/h5-11H,3-4,12,18H2,1-2H3;1H/q+1;. The number of anilines is 1. The Hall–Kier alpha value is -2.08. The minimum absolute atomic E-state index is 0. The highest BCUT2D eigenvalue weighted by Crippen LogP contribution is 2.16.